The van der Waals surface area contributed by atoms with Crippen molar-refractivity contribution in [1.29, 1.82) is 5.41 Å². The van der Waals surface area contributed by atoms with E-state index in [1.807, 2.05) is 0 Å². The minimum absolute atomic E-state index is 0.00227. The van der Waals surface area contributed by atoms with Crippen LogP contribution >= 0.6 is 11.6 Å². The van der Waals surface area contributed by atoms with Crippen molar-refractivity contribution in [1.82, 2.24) is 14.9 Å². The molecule has 0 aliphatic carbocycles. The van der Waals surface area contributed by atoms with E-state index >= 15 is 4.39 Å². The molecule has 0 unspecified atom stereocenters. The van der Waals surface area contributed by atoms with E-state index in [0.717, 1.165) is 17.0 Å². The number of aromatic nitrogens is 2. The first kappa shape index (κ1) is 32.6. The first-order valence-corrected chi connectivity index (χ1v) is 14.4. The van der Waals surface area contributed by atoms with Crippen LogP contribution in [0, 0.1) is 28.9 Å². The van der Waals surface area contributed by atoms with E-state index in [1.54, 1.807) is 12.1 Å². The number of amides is 3. The number of carbonyl (C=O) groups is 3. The average Bonchev–Trinajstić information content (AvgIpc) is 3.46. The smallest absolute Gasteiger partial charge is 0.267 e. The van der Waals surface area contributed by atoms with Gasteiger partial charge in [-0.15, -0.1) is 0 Å². The highest BCUT2D eigenvalue weighted by atomic mass is 35.5. The number of hydrogen-bond donors (Lipinski definition) is 4. The molecule has 2 heterocycles. The van der Waals surface area contributed by atoms with Crippen molar-refractivity contribution in [2.75, 3.05) is 23.7 Å². The fourth-order valence-corrected chi connectivity index (χ4v) is 5.22. The number of nitrogens with zero attached hydrogens (tertiary/aromatic N) is 3. The predicted molar refractivity (Wildman–Crippen MR) is 169 cm³/mol. The molecule has 238 valence electrons. The third kappa shape index (κ3) is 7.57. The molecule has 1 fully saturated rings. The standard InChI is InChI=1S/C33H25ClF3N7O3/c34-24-14-19(35)7-8-21(24)22-3-1-4-26(30(22)37)43-33(47)27-15-20(36)17-44(27)29(45)16-42-25-9-5-18(13-23(25)31(38)32(39)46)6-10-28-40-11-2-12-41-28/h1-5,7-9,11-14,20,27,38,42H,15-17H2,(H2,39,46)(H,43,47)/t20-,27+/m1/s1. The molecule has 47 heavy (non-hydrogen) atoms. The topological polar surface area (TPSA) is 154 Å². The van der Waals surface area contributed by atoms with Crippen molar-refractivity contribution < 1.29 is 27.6 Å². The van der Waals surface area contributed by atoms with Crippen LogP contribution in [0.15, 0.2) is 73.1 Å². The van der Waals surface area contributed by atoms with Gasteiger partial charge in [0.2, 0.25) is 17.6 Å². The number of likely N-dealkylation sites (tertiary alicyclic amines) is 1. The Balaban J connectivity index is 1.31. The molecule has 1 saturated heterocycles. The lowest BCUT2D eigenvalue weighted by Gasteiger charge is -2.24. The van der Waals surface area contributed by atoms with Crippen LogP contribution in [-0.4, -0.2) is 63.6 Å². The number of carbonyl (C=O) groups excluding carboxylic acids is 3. The SMILES string of the molecule is N=C(C(N)=O)c1cc(C#Cc2ncccn2)ccc1NCC(=O)N1C[C@H](F)C[C@H]1C(=O)Nc1cccc(-c2ccc(F)cc2Cl)c1F. The molecule has 1 aliphatic rings. The number of nitrogens with one attached hydrogen (secondary N) is 3. The number of hydrogen-bond acceptors (Lipinski definition) is 7. The van der Waals surface area contributed by atoms with E-state index in [2.05, 4.69) is 32.4 Å². The van der Waals surface area contributed by atoms with Crippen molar-refractivity contribution in [3.8, 4) is 23.0 Å². The highest BCUT2D eigenvalue weighted by Crippen LogP contribution is 2.34. The summed E-state index contributed by atoms with van der Waals surface area (Å²) in [5, 5.41) is 13.4. The molecular formula is C33H25ClF3N7O3. The number of anilines is 2. The highest BCUT2D eigenvalue weighted by molar-refractivity contribution is 6.44. The van der Waals surface area contributed by atoms with Crippen LogP contribution < -0.4 is 16.4 Å². The number of rotatable bonds is 8. The van der Waals surface area contributed by atoms with Gasteiger partial charge in [0, 0.05) is 46.8 Å². The molecule has 5 rings (SSSR count). The zero-order valence-corrected chi connectivity index (χ0v) is 25.1. The van der Waals surface area contributed by atoms with Crippen molar-refractivity contribution in [2.24, 2.45) is 5.73 Å². The Hall–Kier alpha value is -5.74. The minimum Gasteiger partial charge on any atom is -0.376 e. The summed E-state index contributed by atoms with van der Waals surface area (Å²) in [6.45, 7) is -0.822. The second-order valence-electron chi connectivity index (χ2n) is 10.4. The Kier molecular flexibility index (Phi) is 9.82. The van der Waals surface area contributed by atoms with E-state index in [1.165, 1.54) is 48.8 Å². The molecule has 0 radical (unpaired) electrons. The van der Waals surface area contributed by atoms with Crippen molar-refractivity contribution in [3.63, 3.8) is 0 Å². The summed E-state index contributed by atoms with van der Waals surface area (Å²) in [5.41, 5.74) is 5.42. The molecule has 0 spiro atoms. The van der Waals surface area contributed by atoms with Crippen LogP contribution in [-0.2, 0) is 14.4 Å². The summed E-state index contributed by atoms with van der Waals surface area (Å²) in [5.74, 6) is 1.90. The maximum absolute atomic E-state index is 15.5. The Morgan fingerprint density at radius 1 is 1.00 bits per heavy atom. The monoisotopic (exact) mass is 659 g/mol. The second-order valence-corrected chi connectivity index (χ2v) is 10.8. The van der Waals surface area contributed by atoms with Crippen molar-refractivity contribution in [2.45, 2.75) is 18.6 Å². The lowest BCUT2D eigenvalue weighted by atomic mass is 10.0. The van der Waals surface area contributed by atoms with E-state index in [0.29, 0.717) is 5.56 Å². The van der Waals surface area contributed by atoms with E-state index in [4.69, 9.17) is 22.7 Å². The molecule has 3 aromatic carbocycles. The van der Waals surface area contributed by atoms with Gasteiger partial charge in [0.05, 0.1) is 23.8 Å². The molecule has 4 aromatic rings. The van der Waals surface area contributed by atoms with Crippen LogP contribution in [0.4, 0.5) is 24.5 Å². The summed E-state index contributed by atoms with van der Waals surface area (Å²) in [6.07, 6.45) is 1.21. The lowest BCUT2D eigenvalue weighted by Crippen LogP contribution is -2.45. The molecule has 0 saturated carbocycles. The number of halogens is 4. The average molecular weight is 660 g/mol. The fraction of sp³-hybridized carbons (Fsp3) is 0.152. The predicted octanol–water partition coefficient (Wildman–Crippen LogP) is 4.32. The zero-order chi connectivity index (χ0) is 33.7. The number of alkyl halides is 1. The molecule has 0 bridgehead atoms. The third-order valence-electron chi connectivity index (χ3n) is 7.20. The van der Waals surface area contributed by atoms with Gasteiger partial charge >= 0.3 is 0 Å². The maximum Gasteiger partial charge on any atom is 0.267 e. The normalized spacial score (nSPS) is 15.4. The quantitative estimate of drug-likeness (QED) is 0.163. The minimum atomic E-state index is -1.52. The van der Waals surface area contributed by atoms with Gasteiger partial charge in [0.25, 0.3) is 5.91 Å². The zero-order valence-electron chi connectivity index (χ0n) is 24.4. The summed E-state index contributed by atoms with van der Waals surface area (Å²) in [4.78, 5) is 47.4. The molecule has 14 heteroatoms. The van der Waals surface area contributed by atoms with Gasteiger partial charge in [-0.2, -0.15) is 0 Å². The van der Waals surface area contributed by atoms with E-state index in [-0.39, 0.29) is 51.9 Å². The Morgan fingerprint density at radius 3 is 2.49 bits per heavy atom. The van der Waals surface area contributed by atoms with Crippen molar-refractivity contribution in [3.05, 3.63) is 107 Å². The molecule has 3 amide bonds. The van der Waals surface area contributed by atoms with Gasteiger partial charge < -0.3 is 21.3 Å². The number of benzene rings is 3. The molecule has 1 aromatic heterocycles. The summed E-state index contributed by atoms with van der Waals surface area (Å²) < 4.78 is 43.5. The second kappa shape index (κ2) is 14.1. The summed E-state index contributed by atoms with van der Waals surface area (Å²) >= 11 is 6.10. The third-order valence-corrected chi connectivity index (χ3v) is 7.51. The fourth-order valence-electron chi connectivity index (χ4n) is 4.95. The first-order chi connectivity index (χ1) is 22.5. The van der Waals surface area contributed by atoms with Gasteiger partial charge in [0.15, 0.2) is 5.82 Å². The molecule has 5 N–H and O–H groups in total. The largest absolute Gasteiger partial charge is 0.376 e. The first-order valence-electron chi connectivity index (χ1n) is 14.1. The Labute approximate surface area is 271 Å². The van der Waals surface area contributed by atoms with Crippen LogP contribution in [0.3, 0.4) is 0 Å². The van der Waals surface area contributed by atoms with Crippen LogP contribution in [0.5, 0.6) is 0 Å². The van der Waals surface area contributed by atoms with Gasteiger partial charge in [-0.05, 0) is 54.5 Å². The molecule has 1 aliphatic heterocycles. The molecule has 10 nitrogen and oxygen atoms in total. The Bertz CT molecular complexity index is 1950. The van der Waals surface area contributed by atoms with Crippen molar-refractivity contribution >= 4 is 46.4 Å². The number of primary amides is 1. The van der Waals surface area contributed by atoms with Gasteiger partial charge in [-0.1, -0.05) is 29.7 Å². The maximum atomic E-state index is 15.5. The summed E-state index contributed by atoms with van der Waals surface area (Å²) in [7, 11) is 0. The van der Waals surface area contributed by atoms with Gasteiger partial charge in [0.1, 0.15) is 23.7 Å². The van der Waals surface area contributed by atoms with E-state index < -0.39 is 53.8 Å². The van der Waals surface area contributed by atoms with Gasteiger partial charge in [-0.3, -0.25) is 19.8 Å². The van der Waals surface area contributed by atoms with Crippen LogP contribution in [0.25, 0.3) is 11.1 Å². The summed E-state index contributed by atoms with van der Waals surface area (Å²) in [6, 6.07) is 12.5. The van der Waals surface area contributed by atoms with Crippen LogP contribution in [0.1, 0.15) is 23.4 Å². The van der Waals surface area contributed by atoms with Crippen LogP contribution in [0.2, 0.25) is 5.02 Å². The number of nitrogens with two attached hydrogens (primary N) is 1. The molecular weight excluding hydrogens is 635 g/mol. The lowest BCUT2D eigenvalue weighted by molar-refractivity contribution is -0.135. The molecule has 2 atom stereocenters. The highest BCUT2D eigenvalue weighted by Gasteiger charge is 2.40. The van der Waals surface area contributed by atoms with E-state index in [9.17, 15) is 23.2 Å². The van der Waals surface area contributed by atoms with Gasteiger partial charge in [-0.25, -0.2) is 23.1 Å². The Morgan fingerprint density at radius 2 is 1.77 bits per heavy atom.